The van der Waals surface area contributed by atoms with Crippen molar-refractivity contribution in [3.8, 4) is 16.2 Å². The Labute approximate surface area is 222 Å². The smallest absolute Gasteiger partial charge is 0.223 e. The normalized spacial score (nSPS) is 14.6. The summed E-state index contributed by atoms with van der Waals surface area (Å²) in [5, 5.41) is 20.6. The molecule has 182 valence electrons. The summed E-state index contributed by atoms with van der Waals surface area (Å²) in [6.45, 7) is 3.72. The van der Waals surface area contributed by atoms with Gasteiger partial charge in [0.25, 0.3) is 0 Å². The van der Waals surface area contributed by atoms with E-state index in [-0.39, 0.29) is 17.6 Å². The minimum atomic E-state index is -0.0269. The standard InChI is InChI=1S/C25H26BrN5O2S2/c1-16(21-15-35-23(22(21)32)18-2-4-20(26)5-3-18)29-30-25(34)31-12-8-19(9-13-31)24(33)28-14-17-6-10-27-11-7-17/h2-7,10-11,15,19,32H,8-9,12-14H2,1H3,(H,28,33)(H,30,34). The zero-order chi connectivity index (χ0) is 24.8. The Bertz CT molecular complexity index is 1210. The summed E-state index contributed by atoms with van der Waals surface area (Å²) in [6, 6.07) is 11.6. The van der Waals surface area contributed by atoms with Crippen LogP contribution in [0.15, 0.2) is 63.7 Å². The van der Waals surface area contributed by atoms with Crippen molar-refractivity contribution in [2.45, 2.75) is 26.3 Å². The Balaban J connectivity index is 1.28. The fraction of sp³-hybridized carbons (Fsp3) is 0.280. The van der Waals surface area contributed by atoms with Crippen LogP contribution in [0.1, 0.15) is 30.9 Å². The number of aromatic nitrogens is 1. The van der Waals surface area contributed by atoms with E-state index >= 15 is 0 Å². The van der Waals surface area contributed by atoms with Crippen molar-refractivity contribution in [1.29, 1.82) is 0 Å². The fourth-order valence-corrected chi connectivity index (χ4v) is 5.36. The Morgan fingerprint density at radius 3 is 2.60 bits per heavy atom. The van der Waals surface area contributed by atoms with Crippen LogP contribution in [0.2, 0.25) is 0 Å². The number of rotatable bonds is 6. The van der Waals surface area contributed by atoms with Crippen LogP contribution in [0, 0.1) is 5.92 Å². The van der Waals surface area contributed by atoms with Crippen molar-refractivity contribution in [1.82, 2.24) is 20.6 Å². The second-order valence-corrected chi connectivity index (χ2v) is 10.5. The number of halogens is 1. The van der Waals surface area contributed by atoms with E-state index in [0.717, 1.165) is 33.3 Å². The Morgan fingerprint density at radius 2 is 1.91 bits per heavy atom. The molecule has 0 radical (unpaired) electrons. The molecule has 35 heavy (non-hydrogen) atoms. The van der Waals surface area contributed by atoms with Gasteiger partial charge in [-0.1, -0.05) is 28.1 Å². The number of pyridine rings is 1. The molecule has 3 N–H and O–H groups in total. The van der Waals surface area contributed by atoms with Crippen molar-refractivity contribution in [2.24, 2.45) is 11.0 Å². The molecule has 7 nitrogen and oxygen atoms in total. The highest BCUT2D eigenvalue weighted by molar-refractivity contribution is 9.10. The molecule has 0 spiro atoms. The number of piperidine rings is 1. The van der Waals surface area contributed by atoms with Crippen molar-refractivity contribution in [3.05, 3.63) is 69.8 Å². The second-order valence-electron chi connectivity index (χ2n) is 8.28. The third kappa shape index (κ3) is 6.45. The zero-order valence-corrected chi connectivity index (χ0v) is 22.4. The summed E-state index contributed by atoms with van der Waals surface area (Å²) in [7, 11) is 0. The first-order valence-electron chi connectivity index (χ1n) is 11.2. The predicted octanol–water partition coefficient (Wildman–Crippen LogP) is 4.91. The lowest BCUT2D eigenvalue weighted by Gasteiger charge is -2.32. The summed E-state index contributed by atoms with van der Waals surface area (Å²) in [5.41, 5.74) is 6.26. The highest BCUT2D eigenvalue weighted by Gasteiger charge is 2.26. The number of carbonyl (C=O) groups excluding carboxylic acids is 1. The minimum Gasteiger partial charge on any atom is -0.506 e. The molecule has 1 aliphatic rings. The summed E-state index contributed by atoms with van der Waals surface area (Å²) in [6.07, 6.45) is 4.90. The zero-order valence-electron chi connectivity index (χ0n) is 19.2. The highest BCUT2D eigenvalue weighted by Crippen LogP contribution is 2.39. The van der Waals surface area contributed by atoms with Gasteiger partial charge in [-0.25, -0.2) is 0 Å². The summed E-state index contributed by atoms with van der Waals surface area (Å²) in [4.78, 5) is 19.4. The Hall–Kier alpha value is -2.82. The molecule has 1 saturated heterocycles. The van der Waals surface area contributed by atoms with E-state index in [1.54, 1.807) is 12.4 Å². The third-order valence-electron chi connectivity index (χ3n) is 5.95. The number of amides is 1. The van der Waals surface area contributed by atoms with Crippen LogP contribution < -0.4 is 10.7 Å². The molecule has 2 aromatic heterocycles. The first kappa shape index (κ1) is 25.3. The van der Waals surface area contributed by atoms with Crippen molar-refractivity contribution >= 4 is 56.2 Å². The number of benzene rings is 1. The van der Waals surface area contributed by atoms with Crippen molar-refractivity contribution in [2.75, 3.05) is 13.1 Å². The summed E-state index contributed by atoms with van der Waals surface area (Å²) in [5.74, 6) is 0.259. The van der Waals surface area contributed by atoms with E-state index in [9.17, 15) is 9.90 Å². The SMILES string of the molecule is CC(=NNC(=S)N1CCC(C(=O)NCc2ccncc2)CC1)c1csc(-c2ccc(Br)cc2)c1O. The summed E-state index contributed by atoms with van der Waals surface area (Å²) < 4.78 is 0.989. The molecule has 1 amide bonds. The first-order valence-corrected chi connectivity index (χ1v) is 13.3. The molecule has 3 aromatic rings. The quantitative estimate of drug-likeness (QED) is 0.221. The molecular weight excluding hydrogens is 546 g/mol. The topological polar surface area (TPSA) is 89.9 Å². The molecule has 0 saturated carbocycles. The molecule has 1 fully saturated rings. The van der Waals surface area contributed by atoms with Crippen LogP contribution in [0.25, 0.3) is 10.4 Å². The van der Waals surface area contributed by atoms with Crippen LogP contribution in [0.5, 0.6) is 5.75 Å². The number of hydrogen-bond donors (Lipinski definition) is 3. The third-order valence-corrected chi connectivity index (χ3v) is 7.85. The molecule has 1 aliphatic heterocycles. The molecule has 0 unspecified atom stereocenters. The number of thiocarbonyl (C=S) groups is 1. The van der Waals surface area contributed by atoms with E-state index in [0.29, 0.717) is 36.0 Å². The average molecular weight is 573 g/mol. The number of nitrogens with one attached hydrogen (secondary N) is 2. The number of thiophene rings is 1. The van der Waals surface area contributed by atoms with E-state index in [4.69, 9.17) is 12.2 Å². The van der Waals surface area contributed by atoms with Gasteiger partial charge in [0.2, 0.25) is 5.91 Å². The maximum Gasteiger partial charge on any atom is 0.223 e. The lowest BCUT2D eigenvalue weighted by Crippen LogP contribution is -2.45. The van der Waals surface area contributed by atoms with Gasteiger partial charge in [0.1, 0.15) is 5.75 Å². The number of carbonyl (C=O) groups is 1. The van der Waals surface area contributed by atoms with Gasteiger partial charge >= 0.3 is 0 Å². The lowest BCUT2D eigenvalue weighted by molar-refractivity contribution is -0.126. The molecule has 10 heteroatoms. The van der Waals surface area contributed by atoms with Gasteiger partial charge in [0.05, 0.1) is 16.2 Å². The monoisotopic (exact) mass is 571 g/mol. The molecule has 1 aromatic carbocycles. The summed E-state index contributed by atoms with van der Waals surface area (Å²) >= 11 is 10.4. The molecule has 4 rings (SSSR count). The number of aromatic hydroxyl groups is 1. The largest absolute Gasteiger partial charge is 0.506 e. The Morgan fingerprint density at radius 1 is 1.23 bits per heavy atom. The first-order chi connectivity index (χ1) is 16.9. The number of nitrogens with zero attached hydrogens (tertiary/aromatic N) is 3. The van der Waals surface area contributed by atoms with E-state index in [1.165, 1.54) is 11.3 Å². The molecule has 0 bridgehead atoms. The maximum atomic E-state index is 12.5. The van der Waals surface area contributed by atoms with Crippen LogP contribution in [-0.4, -0.2) is 44.8 Å². The van der Waals surface area contributed by atoms with Gasteiger partial charge in [-0.2, -0.15) is 5.10 Å². The highest BCUT2D eigenvalue weighted by atomic mass is 79.9. The molecule has 3 heterocycles. The van der Waals surface area contributed by atoms with E-state index in [2.05, 4.69) is 36.8 Å². The molecular formula is C25H26BrN5O2S2. The van der Waals surface area contributed by atoms with Gasteiger partial charge < -0.3 is 15.3 Å². The van der Waals surface area contributed by atoms with Crippen LogP contribution in [-0.2, 0) is 11.3 Å². The van der Waals surface area contributed by atoms with Crippen molar-refractivity contribution < 1.29 is 9.90 Å². The number of hydrazone groups is 1. The fourth-order valence-electron chi connectivity index (χ4n) is 3.86. The second kappa shape index (κ2) is 11.7. The molecule has 0 atom stereocenters. The van der Waals surface area contributed by atoms with E-state index in [1.807, 2.05) is 53.6 Å². The minimum absolute atomic E-state index is 0.0269. The average Bonchev–Trinajstić information content (AvgIpc) is 3.28. The lowest BCUT2D eigenvalue weighted by atomic mass is 9.96. The van der Waals surface area contributed by atoms with Crippen LogP contribution >= 0.6 is 39.5 Å². The van der Waals surface area contributed by atoms with Gasteiger partial charge in [-0.05, 0) is 67.4 Å². The maximum absolute atomic E-state index is 12.5. The number of hydrogen-bond acceptors (Lipinski definition) is 6. The Kier molecular flexibility index (Phi) is 8.48. The van der Waals surface area contributed by atoms with E-state index < -0.39 is 0 Å². The van der Waals surface area contributed by atoms with Gasteiger partial charge in [0, 0.05) is 47.8 Å². The molecule has 0 aliphatic carbocycles. The van der Waals surface area contributed by atoms with Crippen LogP contribution in [0.4, 0.5) is 0 Å². The van der Waals surface area contributed by atoms with Gasteiger partial charge in [-0.3, -0.25) is 15.2 Å². The van der Waals surface area contributed by atoms with Crippen molar-refractivity contribution in [3.63, 3.8) is 0 Å². The van der Waals surface area contributed by atoms with Crippen LogP contribution in [0.3, 0.4) is 0 Å². The van der Waals surface area contributed by atoms with Gasteiger partial charge in [-0.15, -0.1) is 11.3 Å². The van der Waals surface area contributed by atoms with Gasteiger partial charge in [0.15, 0.2) is 5.11 Å². The predicted molar refractivity (Wildman–Crippen MR) is 147 cm³/mol. The number of likely N-dealkylation sites (tertiary alicyclic amines) is 1.